The molecule has 0 aliphatic carbocycles. The molecule has 0 N–H and O–H groups in total. The summed E-state index contributed by atoms with van der Waals surface area (Å²) >= 11 is 0. The fraction of sp³-hybridized carbons (Fsp3) is 0.294. The van der Waals surface area contributed by atoms with Crippen LogP contribution in [0.2, 0.25) is 0 Å². The molecule has 3 nitrogen and oxygen atoms in total. The number of hydrogen-bond acceptors (Lipinski definition) is 3. The van der Waals surface area contributed by atoms with E-state index in [4.69, 9.17) is 9.47 Å². The fourth-order valence-electron chi connectivity index (χ4n) is 2.46. The van der Waals surface area contributed by atoms with Crippen LogP contribution in [0.5, 0.6) is 0 Å². The van der Waals surface area contributed by atoms with Crippen molar-refractivity contribution in [3.05, 3.63) is 71.8 Å². The minimum absolute atomic E-state index is 0.0778. The van der Waals surface area contributed by atoms with Crippen LogP contribution < -0.4 is 0 Å². The molecule has 1 saturated heterocycles. The molecule has 0 spiro atoms. The van der Waals surface area contributed by atoms with Crippen LogP contribution in [-0.2, 0) is 9.47 Å². The summed E-state index contributed by atoms with van der Waals surface area (Å²) < 4.78 is 12.2. The quantitative estimate of drug-likeness (QED) is 0.853. The Kier molecular flexibility index (Phi) is 3.83. The van der Waals surface area contributed by atoms with Gasteiger partial charge in [-0.1, -0.05) is 60.7 Å². The number of hydrogen-bond donors (Lipinski definition) is 0. The third-order valence-electron chi connectivity index (χ3n) is 3.48. The lowest BCUT2D eigenvalue weighted by molar-refractivity contribution is -0.151. The van der Waals surface area contributed by atoms with E-state index in [9.17, 15) is 0 Å². The van der Waals surface area contributed by atoms with Gasteiger partial charge in [0, 0.05) is 0 Å². The second kappa shape index (κ2) is 5.75. The molecular formula is C17H19NO2. The average Bonchev–Trinajstić information content (AvgIpc) is 2.94. The van der Waals surface area contributed by atoms with Gasteiger partial charge in [0.05, 0.1) is 0 Å². The molecule has 0 radical (unpaired) electrons. The van der Waals surface area contributed by atoms with Gasteiger partial charge in [-0.05, 0) is 25.2 Å². The summed E-state index contributed by atoms with van der Waals surface area (Å²) in [5.74, 6) is 0. The molecular weight excluding hydrogens is 250 g/mol. The van der Waals surface area contributed by atoms with Gasteiger partial charge in [0.25, 0.3) is 0 Å². The van der Waals surface area contributed by atoms with Crippen molar-refractivity contribution in [3.63, 3.8) is 0 Å². The Hall–Kier alpha value is -1.68. The fourth-order valence-corrected chi connectivity index (χ4v) is 2.46. The van der Waals surface area contributed by atoms with Crippen LogP contribution in [0.1, 0.15) is 23.3 Å². The highest BCUT2D eigenvalue weighted by Crippen LogP contribution is 2.42. The first kappa shape index (κ1) is 13.3. The third-order valence-corrected chi connectivity index (χ3v) is 3.48. The number of benzene rings is 2. The maximum Gasteiger partial charge on any atom is 0.219 e. The average molecular weight is 269 g/mol. The molecule has 2 atom stereocenters. The van der Waals surface area contributed by atoms with Crippen LogP contribution >= 0.6 is 0 Å². The molecule has 1 aliphatic rings. The Balaban J connectivity index is 1.93. The van der Waals surface area contributed by atoms with E-state index < -0.39 is 0 Å². The zero-order valence-corrected chi connectivity index (χ0v) is 11.8. The van der Waals surface area contributed by atoms with E-state index in [1.54, 1.807) is 0 Å². The zero-order chi connectivity index (χ0) is 13.9. The molecule has 1 heterocycles. The first-order valence-corrected chi connectivity index (χ1v) is 6.83. The number of nitrogens with zero attached hydrogens (tertiary/aromatic N) is 1. The largest absolute Gasteiger partial charge is 0.328 e. The van der Waals surface area contributed by atoms with Gasteiger partial charge in [-0.3, -0.25) is 4.90 Å². The molecule has 2 aromatic rings. The van der Waals surface area contributed by atoms with Gasteiger partial charge in [-0.15, -0.1) is 0 Å². The minimum Gasteiger partial charge on any atom is -0.328 e. The summed E-state index contributed by atoms with van der Waals surface area (Å²) in [7, 11) is 3.92. The van der Waals surface area contributed by atoms with Crippen LogP contribution in [0.3, 0.4) is 0 Å². The summed E-state index contributed by atoms with van der Waals surface area (Å²) in [6.45, 7) is 0. The van der Waals surface area contributed by atoms with Crippen LogP contribution in [-0.4, -0.2) is 25.4 Å². The van der Waals surface area contributed by atoms with Crippen molar-refractivity contribution < 1.29 is 9.47 Å². The van der Waals surface area contributed by atoms with Crippen molar-refractivity contribution in [1.29, 1.82) is 0 Å². The summed E-state index contributed by atoms with van der Waals surface area (Å²) in [4.78, 5) is 1.94. The molecule has 1 aliphatic heterocycles. The van der Waals surface area contributed by atoms with Gasteiger partial charge in [0.1, 0.15) is 12.2 Å². The predicted molar refractivity (Wildman–Crippen MR) is 78.0 cm³/mol. The van der Waals surface area contributed by atoms with Crippen molar-refractivity contribution in [2.45, 2.75) is 18.6 Å². The van der Waals surface area contributed by atoms with Crippen molar-refractivity contribution >= 4 is 0 Å². The van der Waals surface area contributed by atoms with Gasteiger partial charge in [-0.2, -0.15) is 0 Å². The SMILES string of the molecule is CN(C)C1OC(c2ccccc2)C(c2ccccc2)O1. The molecule has 0 bridgehead atoms. The standard InChI is InChI=1S/C17H19NO2/c1-18(2)17-19-15(13-9-5-3-6-10-13)16(20-17)14-11-7-4-8-12-14/h3-12,15-17H,1-2H3. The molecule has 3 heteroatoms. The Labute approximate surface area is 119 Å². The maximum atomic E-state index is 6.08. The number of ether oxygens (including phenoxy) is 2. The minimum atomic E-state index is -0.314. The van der Waals surface area contributed by atoms with Gasteiger partial charge >= 0.3 is 0 Å². The van der Waals surface area contributed by atoms with E-state index in [-0.39, 0.29) is 18.6 Å². The van der Waals surface area contributed by atoms with Crippen molar-refractivity contribution in [3.8, 4) is 0 Å². The molecule has 0 aromatic heterocycles. The highest BCUT2D eigenvalue weighted by molar-refractivity contribution is 5.26. The van der Waals surface area contributed by atoms with Crippen molar-refractivity contribution in [1.82, 2.24) is 4.90 Å². The summed E-state index contributed by atoms with van der Waals surface area (Å²) in [5.41, 5.74) is 2.29. The molecule has 2 unspecified atom stereocenters. The molecule has 2 aromatic carbocycles. The third kappa shape index (κ3) is 2.61. The van der Waals surface area contributed by atoms with Crippen LogP contribution in [0.25, 0.3) is 0 Å². The first-order chi connectivity index (χ1) is 9.75. The molecule has 0 amide bonds. The van der Waals surface area contributed by atoms with Crippen LogP contribution in [0.4, 0.5) is 0 Å². The lowest BCUT2D eigenvalue weighted by Crippen LogP contribution is -2.28. The van der Waals surface area contributed by atoms with E-state index >= 15 is 0 Å². The van der Waals surface area contributed by atoms with E-state index in [1.165, 1.54) is 0 Å². The summed E-state index contributed by atoms with van der Waals surface area (Å²) in [6.07, 6.45) is -0.470. The summed E-state index contributed by atoms with van der Waals surface area (Å²) in [5, 5.41) is 0. The van der Waals surface area contributed by atoms with Crippen LogP contribution in [0, 0.1) is 0 Å². The monoisotopic (exact) mass is 269 g/mol. The second-order valence-electron chi connectivity index (χ2n) is 5.21. The highest BCUT2D eigenvalue weighted by atomic mass is 16.8. The maximum absolute atomic E-state index is 6.08. The molecule has 3 rings (SSSR count). The topological polar surface area (TPSA) is 21.7 Å². The number of rotatable bonds is 3. The lowest BCUT2D eigenvalue weighted by Gasteiger charge is -2.17. The van der Waals surface area contributed by atoms with E-state index in [0.717, 1.165) is 11.1 Å². The molecule has 104 valence electrons. The van der Waals surface area contributed by atoms with Crippen molar-refractivity contribution in [2.24, 2.45) is 0 Å². The van der Waals surface area contributed by atoms with E-state index in [2.05, 4.69) is 24.3 Å². The molecule has 0 saturated carbocycles. The van der Waals surface area contributed by atoms with Crippen LogP contribution in [0.15, 0.2) is 60.7 Å². The predicted octanol–water partition coefficient (Wildman–Crippen LogP) is 3.36. The second-order valence-corrected chi connectivity index (χ2v) is 5.21. The summed E-state index contributed by atoms with van der Waals surface area (Å²) in [6, 6.07) is 20.5. The first-order valence-electron chi connectivity index (χ1n) is 6.83. The smallest absolute Gasteiger partial charge is 0.219 e. The zero-order valence-electron chi connectivity index (χ0n) is 11.8. The lowest BCUT2D eigenvalue weighted by atomic mass is 9.99. The van der Waals surface area contributed by atoms with E-state index in [1.807, 2.05) is 55.4 Å². The normalized spacial score (nSPS) is 26.1. The Morgan fingerprint density at radius 1 is 0.700 bits per heavy atom. The molecule has 20 heavy (non-hydrogen) atoms. The van der Waals surface area contributed by atoms with E-state index in [0.29, 0.717) is 0 Å². The van der Waals surface area contributed by atoms with Crippen molar-refractivity contribution in [2.75, 3.05) is 14.1 Å². The van der Waals surface area contributed by atoms with Gasteiger partial charge in [-0.25, -0.2) is 0 Å². The Bertz CT molecular complexity index is 494. The molecule has 1 fully saturated rings. The van der Waals surface area contributed by atoms with Gasteiger partial charge in [0.15, 0.2) is 0 Å². The Morgan fingerprint density at radius 3 is 1.45 bits per heavy atom. The Morgan fingerprint density at radius 2 is 1.10 bits per heavy atom. The van der Waals surface area contributed by atoms with Gasteiger partial charge < -0.3 is 9.47 Å². The van der Waals surface area contributed by atoms with Gasteiger partial charge in [0.2, 0.25) is 6.41 Å². The highest BCUT2D eigenvalue weighted by Gasteiger charge is 2.38.